The Bertz CT molecular complexity index is 1230. The zero-order valence-electron chi connectivity index (χ0n) is 17.2. The number of likely N-dealkylation sites (tertiary alicyclic amines) is 1. The van der Waals surface area contributed by atoms with E-state index in [2.05, 4.69) is 40.0 Å². The fourth-order valence-electron chi connectivity index (χ4n) is 4.36. The number of nitrogens with one attached hydrogen (secondary N) is 1. The number of hydrogen-bond acceptors (Lipinski definition) is 6. The maximum absolute atomic E-state index is 12.5. The number of para-hydroxylation sites is 2. The summed E-state index contributed by atoms with van der Waals surface area (Å²) in [5, 5.41) is 8.52. The minimum atomic E-state index is -0.0196. The molecule has 0 saturated carbocycles. The van der Waals surface area contributed by atoms with E-state index in [9.17, 15) is 4.79 Å². The van der Waals surface area contributed by atoms with Gasteiger partial charge in [0.15, 0.2) is 0 Å². The van der Waals surface area contributed by atoms with Crippen molar-refractivity contribution in [3.05, 3.63) is 57.1 Å². The Morgan fingerprint density at radius 1 is 1.23 bits per heavy atom. The Morgan fingerprint density at radius 3 is 2.80 bits per heavy atom. The van der Waals surface area contributed by atoms with Crippen molar-refractivity contribution in [2.45, 2.75) is 45.7 Å². The average Bonchev–Trinajstić information content (AvgIpc) is 3.45. The lowest BCUT2D eigenvalue weighted by atomic mass is 10.0. The molecule has 156 valence electrons. The molecule has 0 atom stereocenters. The van der Waals surface area contributed by atoms with Crippen molar-refractivity contribution in [2.75, 3.05) is 13.1 Å². The summed E-state index contributed by atoms with van der Waals surface area (Å²) in [6.45, 7) is 6.72. The van der Waals surface area contributed by atoms with Crippen LogP contribution in [-0.2, 0) is 13.0 Å². The molecule has 0 unspecified atom stereocenters. The molecule has 0 radical (unpaired) electrons. The van der Waals surface area contributed by atoms with Crippen LogP contribution in [0.3, 0.4) is 0 Å². The van der Waals surface area contributed by atoms with Gasteiger partial charge in [0.2, 0.25) is 5.89 Å². The summed E-state index contributed by atoms with van der Waals surface area (Å²) in [6, 6.07) is 10.2. The summed E-state index contributed by atoms with van der Waals surface area (Å²) in [7, 11) is 0. The first kappa shape index (κ1) is 19.3. The molecule has 4 heterocycles. The number of hydrogen-bond donors (Lipinski definition) is 1. The highest BCUT2D eigenvalue weighted by atomic mass is 32.1. The molecule has 30 heavy (non-hydrogen) atoms. The molecule has 1 aromatic carbocycles. The second-order valence-electron chi connectivity index (χ2n) is 7.90. The third-order valence-corrected chi connectivity index (χ3v) is 7.29. The third-order valence-electron chi connectivity index (χ3n) is 5.92. The zero-order valence-corrected chi connectivity index (χ0v) is 18.0. The number of nitrogens with zero attached hydrogens (tertiary/aromatic N) is 4. The highest BCUT2D eigenvalue weighted by Gasteiger charge is 2.25. The number of imidazole rings is 1. The van der Waals surface area contributed by atoms with Crippen molar-refractivity contribution >= 4 is 22.4 Å². The Hall–Kier alpha value is -2.71. The molecule has 0 bridgehead atoms. The summed E-state index contributed by atoms with van der Waals surface area (Å²) in [5.41, 5.74) is 3.15. The molecule has 8 heteroatoms. The smallest absolute Gasteiger partial charge is 0.326 e. The van der Waals surface area contributed by atoms with Crippen LogP contribution in [0.2, 0.25) is 0 Å². The van der Waals surface area contributed by atoms with Gasteiger partial charge in [-0.3, -0.25) is 9.47 Å². The predicted octanol–water partition coefficient (Wildman–Crippen LogP) is 4.15. The number of H-pyrrole nitrogens is 1. The first-order chi connectivity index (χ1) is 14.6. The number of fused-ring (bicyclic) bond motifs is 1. The molecule has 3 aromatic heterocycles. The van der Waals surface area contributed by atoms with Gasteiger partial charge in [0, 0.05) is 24.0 Å². The molecule has 4 aromatic rings. The molecular formula is C22H25N5O2S. The van der Waals surface area contributed by atoms with E-state index in [1.807, 2.05) is 28.8 Å². The Balaban J connectivity index is 1.25. The summed E-state index contributed by atoms with van der Waals surface area (Å²) >= 11 is 1.73. The quantitative estimate of drug-likeness (QED) is 0.522. The van der Waals surface area contributed by atoms with E-state index in [1.54, 1.807) is 11.3 Å². The number of piperidine rings is 1. The van der Waals surface area contributed by atoms with Crippen LogP contribution in [0.25, 0.3) is 21.8 Å². The van der Waals surface area contributed by atoms with Gasteiger partial charge < -0.3 is 9.40 Å². The van der Waals surface area contributed by atoms with Crippen molar-refractivity contribution in [1.29, 1.82) is 0 Å². The molecule has 1 N–H and O–H groups in total. The number of aromatic amines is 1. The highest BCUT2D eigenvalue weighted by Crippen LogP contribution is 2.31. The molecule has 1 saturated heterocycles. The van der Waals surface area contributed by atoms with Crippen molar-refractivity contribution in [1.82, 2.24) is 24.6 Å². The molecular weight excluding hydrogens is 398 g/mol. The van der Waals surface area contributed by atoms with Crippen LogP contribution in [0.5, 0.6) is 0 Å². The van der Waals surface area contributed by atoms with Gasteiger partial charge in [-0.25, -0.2) is 4.79 Å². The van der Waals surface area contributed by atoms with Crippen LogP contribution >= 0.6 is 11.3 Å². The van der Waals surface area contributed by atoms with Crippen LogP contribution in [0, 0.1) is 6.92 Å². The lowest BCUT2D eigenvalue weighted by Crippen LogP contribution is -2.36. The van der Waals surface area contributed by atoms with Gasteiger partial charge in [-0.15, -0.1) is 21.5 Å². The number of rotatable bonds is 5. The first-order valence-corrected chi connectivity index (χ1v) is 11.3. The Kier molecular flexibility index (Phi) is 5.04. The number of thiophene rings is 1. The molecule has 1 fully saturated rings. The SMILES string of the molecule is CCc1sc(-c2nnc(CN3CCC(n4c(=O)[nH]c5ccccc54)CC3)o2)cc1C. The average molecular weight is 424 g/mol. The lowest BCUT2D eigenvalue weighted by Gasteiger charge is -2.31. The summed E-state index contributed by atoms with van der Waals surface area (Å²) < 4.78 is 7.87. The van der Waals surface area contributed by atoms with Crippen molar-refractivity contribution in [3.63, 3.8) is 0 Å². The van der Waals surface area contributed by atoms with E-state index in [4.69, 9.17) is 4.42 Å². The van der Waals surface area contributed by atoms with E-state index < -0.39 is 0 Å². The molecule has 0 aliphatic carbocycles. The molecule has 5 rings (SSSR count). The van der Waals surface area contributed by atoms with Crippen LogP contribution in [0.4, 0.5) is 0 Å². The first-order valence-electron chi connectivity index (χ1n) is 10.5. The summed E-state index contributed by atoms with van der Waals surface area (Å²) in [6.07, 6.45) is 2.87. The van der Waals surface area contributed by atoms with Gasteiger partial charge in [-0.2, -0.15) is 0 Å². The van der Waals surface area contributed by atoms with Crippen LogP contribution in [-0.4, -0.2) is 37.7 Å². The maximum atomic E-state index is 12.5. The largest absolute Gasteiger partial charge is 0.419 e. The monoisotopic (exact) mass is 423 g/mol. The lowest BCUT2D eigenvalue weighted by molar-refractivity contribution is 0.167. The van der Waals surface area contributed by atoms with Gasteiger partial charge in [-0.1, -0.05) is 19.1 Å². The van der Waals surface area contributed by atoms with E-state index in [-0.39, 0.29) is 11.7 Å². The van der Waals surface area contributed by atoms with Crippen LogP contribution in [0.1, 0.15) is 42.1 Å². The van der Waals surface area contributed by atoms with Crippen molar-refractivity contribution in [3.8, 4) is 10.8 Å². The van der Waals surface area contributed by atoms with E-state index in [0.29, 0.717) is 18.3 Å². The fourth-order valence-corrected chi connectivity index (χ4v) is 5.39. The second kappa shape index (κ2) is 7.85. The molecule has 0 spiro atoms. The Labute approximate surface area is 178 Å². The number of benzene rings is 1. The molecule has 0 amide bonds. The van der Waals surface area contributed by atoms with Gasteiger partial charge in [-0.05, 0) is 49.9 Å². The molecule has 7 nitrogen and oxygen atoms in total. The van der Waals surface area contributed by atoms with Gasteiger partial charge in [0.25, 0.3) is 5.89 Å². The van der Waals surface area contributed by atoms with E-state index in [1.165, 1.54) is 10.4 Å². The minimum Gasteiger partial charge on any atom is -0.419 e. The van der Waals surface area contributed by atoms with Gasteiger partial charge in [0.1, 0.15) is 0 Å². The number of aromatic nitrogens is 4. The topological polar surface area (TPSA) is 80.0 Å². The summed E-state index contributed by atoms with van der Waals surface area (Å²) in [4.78, 5) is 20.1. The minimum absolute atomic E-state index is 0.0196. The fraction of sp³-hybridized carbons (Fsp3) is 0.409. The Morgan fingerprint density at radius 2 is 2.03 bits per heavy atom. The second-order valence-corrected chi connectivity index (χ2v) is 9.03. The van der Waals surface area contributed by atoms with E-state index in [0.717, 1.165) is 48.3 Å². The summed E-state index contributed by atoms with van der Waals surface area (Å²) in [5.74, 6) is 1.26. The van der Waals surface area contributed by atoms with Gasteiger partial charge >= 0.3 is 5.69 Å². The molecule has 1 aliphatic heterocycles. The maximum Gasteiger partial charge on any atom is 0.326 e. The highest BCUT2D eigenvalue weighted by molar-refractivity contribution is 7.15. The van der Waals surface area contributed by atoms with Gasteiger partial charge in [0.05, 0.1) is 22.5 Å². The number of aryl methyl sites for hydroxylation is 2. The molecule has 1 aliphatic rings. The van der Waals surface area contributed by atoms with E-state index >= 15 is 0 Å². The third kappa shape index (κ3) is 3.50. The van der Waals surface area contributed by atoms with Crippen molar-refractivity contribution < 1.29 is 4.42 Å². The predicted molar refractivity (Wildman–Crippen MR) is 118 cm³/mol. The van der Waals surface area contributed by atoms with Crippen LogP contribution in [0.15, 0.2) is 39.5 Å². The standard InChI is InChI=1S/C22H25N5O2S/c1-3-18-14(2)12-19(30-18)21-25-24-20(29-21)13-26-10-8-15(9-11-26)27-17-7-5-4-6-16(17)23-22(27)28/h4-7,12,15H,3,8-11,13H2,1-2H3,(H,23,28). The van der Waals surface area contributed by atoms with Crippen molar-refractivity contribution in [2.24, 2.45) is 0 Å². The van der Waals surface area contributed by atoms with Crippen LogP contribution < -0.4 is 5.69 Å². The zero-order chi connectivity index (χ0) is 20.7. The normalized spacial score (nSPS) is 15.9.